The van der Waals surface area contributed by atoms with Crippen molar-refractivity contribution in [3.05, 3.63) is 46.7 Å². The van der Waals surface area contributed by atoms with Crippen molar-refractivity contribution in [1.82, 2.24) is 14.9 Å². The Morgan fingerprint density at radius 1 is 1.25 bits per heavy atom. The van der Waals surface area contributed by atoms with Crippen LogP contribution < -0.4 is 10.6 Å². The Morgan fingerprint density at radius 3 is 2.62 bits per heavy atom. The molecule has 0 radical (unpaired) electrons. The molecular weight excluding hydrogens is 372 g/mol. The lowest BCUT2D eigenvalue weighted by atomic mass is 10.2. The molecule has 0 fully saturated rings. The van der Waals surface area contributed by atoms with Gasteiger partial charge in [0.2, 0.25) is 11.9 Å². The van der Waals surface area contributed by atoms with Crippen LogP contribution in [0.3, 0.4) is 0 Å². The standard InChI is InChI=1S/C17H21BrN4O2/c1-12(2)11-22-10-9-20-17(22)21-15(23)7-8-19-16(24)13-3-5-14(18)6-4-13/h3-6,9-10,12H,7-8,11H2,1-2H3,(H,19,24)(H,20,21,23). The lowest BCUT2D eigenvalue weighted by Crippen LogP contribution is -2.28. The Morgan fingerprint density at radius 2 is 1.96 bits per heavy atom. The minimum absolute atomic E-state index is 0.178. The van der Waals surface area contributed by atoms with Gasteiger partial charge in [-0.3, -0.25) is 14.9 Å². The zero-order chi connectivity index (χ0) is 17.5. The first-order valence-corrected chi connectivity index (χ1v) is 8.59. The van der Waals surface area contributed by atoms with Crippen molar-refractivity contribution in [2.24, 2.45) is 5.92 Å². The lowest BCUT2D eigenvalue weighted by molar-refractivity contribution is -0.116. The molecule has 24 heavy (non-hydrogen) atoms. The van der Waals surface area contributed by atoms with E-state index in [2.05, 4.69) is 45.4 Å². The Kier molecular flexibility index (Phi) is 6.54. The average Bonchev–Trinajstić information content (AvgIpc) is 2.94. The Labute approximate surface area is 149 Å². The van der Waals surface area contributed by atoms with Crippen LogP contribution in [0.15, 0.2) is 41.1 Å². The molecule has 0 bridgehead atoms. The van der Waals surface area contributed by atoms with E-state index in [1.54, 1.807) is 30.5 Å². The van der Waals surface area contributed by atoms with Crippen molar-refractivity contribution in [1.29, 1.82) is 0 Å². The topological polar surface area (TPSA) is 76.0 Å². The predicted molar refractivity (Wildman–Crippen MR) is 96.8 cm³/mol. The van der Waals surface area contributed by atoms with Gasteiger partial charge in [0, 0.05) is 41.9 Å². The molecule has 2 amide bonds. The van der Waals surface area contributed by atoms with Crippen LogP contribution >= 0.6 is 15.9 Å². The summed E-state index contributed by atoms with van der Waals surface area (Å²) in [6.45, 7) is 5.26. The molecule has 7 heteroatoms. The monoisotopic (exact) mass is 392 g/mol. The van der Waals surface area contributed by atoms with Gasteiger partial charge in [-0.1, -0.05) is 29.8 Å². The summed E-state index contributed by atoms with van der Waals surface area (Å²) in [5, 5.41) is 5.51. The number of hydrogen-bond acceptors (Lipinski definition) is 3. The van der Waals surface area contributed by atoms with Gasteiger partial charge in [-0.05, 0) is 30.2 Å². The minimum atomic E-state index is -0.198. The van der Waals surface area contributed by atoms with Crippen LogP contribution in [0.1, 0.15) is 30.6 Å². The van der Waals surface area contributed by atoms with Crippen molar-refractivity contribution in [3.63, 3.8) is 0 Å². The maximum Gasteiger partial charge on any atom is 0.251 e. The number of carbonyl (C=O) groups excluding carboxylic acids is 2. The van der Waals surface area contributed by atoms with Crippen molar-refractivity contribution < 1.29 is 9.59 Å². The third-order valence-electron chi connectivity index (χ3n) is 3.27. The number of halogens is 1. The quantitative estimate of drug-likeness (QED) is 0.759. The Hall–Kier alpha value is -2.15. The summed E-state index contributed by atoms with van der Waals surface area (Å²) < 4.78 is 2.82. The van der Waals surface area contributed by atoms with Gasteiger partial charge in [-0.25, -0.2) is 4.98 Å². The molecule has 0 atom stereocenters. The molecule has 1 aromatic heterocycles. The summed E-state index contributed by atoms with van der Waals surface area (Å²) in [6, 6.07) is 7.05. The smallest absolute Gasteiger partial charge is 0.251 e. The summed E-state index contributed by atoms with van der Waals surface area (Å²) >= 11 is 3.32. The maximum atomic E-state index is 12.0. The average molecular weight is 393 g/mol. The van der Waals surface area contributed by atoms with Gasteiger partial charge in [-0.15, -0.1) is 0 Å². The van der Waals surface area contributed by atoms with E-state index in [0.29, 0.717) is 17.4 Å². The van der Waals surface area contributed by atoms with Gasteiger partial charge in [0.05, 0.1) is 0 Å². The van der Waals surface area contributed by atoms with E-state index in [0.717, 1.165) is 11.0 Å². The maximum absolute atomic E-state index is 12.0. The van der Waals surface area contributed by atoms with Gasteiger partial charge >= 0.3 is 0 Å². The number of carbonyl (C=O) groups is 2. The fourth-order valence-corrected chi connectivity index (χ4v) is 2.42. The largest absolute Gasteiger partial charge is 0.352 e. The molecule has 0 spiro atoms. The molecule has 0 aliphatic heterocycles. The molecule has 1 heterocycles. The molecule has 2 aromatic rings. The third-order valence-corrected chi connectivity index (χ3v) is 3.80. The zero-order valence-electron chi connectivity index (χ0n) is 13.8. The summed E-state index contributed by atoms with van der Waals surface area (Å²) in [4.78, 5) is 28.1. The molecule has 0 saturated heterocycles. The van der Waals surface area contributed by atoms with Crippen molar-refractivity contribution >= 4 is 33.7 Å². The first kappa shape index (κ1) is 18.2. The molecule has 0 saturated carbocycles. The highest BCUT2D eigenvalue weighted by Crippen LogP contribution is 2.10. The number of rotatable bonds is 7. The number of anilines is 1. The second-order valence-corrected chi connectivity index (χ2v) is 6.77. The fourth-order valence-electron chi connectivity index (χ4n) is 2.15. The molecule has 2 rings (SSSR count). The van der Waals surface area contributed by atoms with Crippen LogP contribution in [0.25, 0.3) is 0 Å². The molecule has 0 unspecified atom stereocenters. The summed E-state index contributed by atoms with van der Waals surface area (Å²) in [5.41, 5.74) is 0.561. The van der Waals surface area contributed by atoms with E-state index in [4.69, 9.17) is 0 Å². The molecule has 0 aliphatic carbocycles. The third kappa shape index (κ3) is 5.49. The molecule has 6 nitrogen and oxygen atoms in total. The van der Waals surface area contributed by atoms with Crippen LogP contribution in [-0.2, 0) is 11.3 Å². The number of aromatic nitrogens is 2. The first-order chi connectivity index (χ1) is 11.5. The Bertz CT molecular complexity index is 695. The molecule has 128 valence electrons. The number of nitrogens with one attached hydrogen (secondary N) is 2. The van der Waals surface area contributed by atoms with Crippen LogP contribution in [0, 0.1) is 5.92 Å². The molecule has 2 N–H and O–H groups in total. The predicted octanol–water partition coefficient (Wildman–Crippen LogP) is 3.06. The number of nitrogens with zero attached hydrogens (tertiary/aromatic N) is 2. The summed E-state index contributed by atoms with van der Waals surface area (Å²) in [6.07, 6.45) is 3.69. The van der Waals surface area contributed by atoms with Crippen LogP contribution in [-0.4, -0.2) is 27.9 Å². The van der Waals surface area contributed by atoms with Crippen LogP contribution in [0.4, 0.5) is 5.95 Å². The van der Waals surface area contributed by atoms with E-state index in [-0.39, 0.29) is 24.8 Å². The number of hydrogen-bond donors (Lipinski definition) is 2. The highest BCUT2D eigenvalue weighted by Gasteiger charge is 2.10. The fraction of sp³-hybridized carbons (Fsp3) is 0.353. The lowest BCUT2D eigenvalue weighted by Gasteiger charge is -2.11. The van der Waals surface area contributed by atoms with Gasteiger partial charge in [-0.2, -0.15) is 0 Å². The van der Waals surface area contributed by atoms with E-state index in [1.165, 1.54) is 0 Å². The van der Waals surface area contributed by atoms with E-state index in [1.807, 2.05) is 10.8 Å². The zero-order valence-corrected chi connectivity index (χ0v) is 15.3. The van der Waals surface area contributed by atoms with Gasteiger partial charge < -0.3 is 9.88 Å². The van der Waals surface area contributed by atoms with Crippen molar-refractivity contribution in [2.45, 2.75) is 26.8 Å². The van der Waals surface area contributed by atoms with Gasteiger partial charge in [0.25, 0.3) is 5.91 Å². The number of amides is 2. The summed E-state index contributed by atoms with van der Waals surface area (Å²) in [5.74, 6) is 0.618. The van der Waals surface area contributed by atoms with Crippen LogP contribution in [0.2, 0.25) is 0 Å². The van der Waals surface area contributed by atoms with E-state index in [9.17, 15) is 9.59 Å². The Balaban J connectivity index is 1.78. The summed E-state index contributed by atoms with van der Waals surface area (Å²) in [7, 11) is 0. The number of imidazole rings is 1. The van der Waals surface area contributed by atoms with E-state index < -0.39 is 0 Å². The highest BCUT2D eigenvalue weighted by molar-refractivity contribution is 9.10. The first-order valence-electron chi connectivity index (χ1n) is 7.80. The van der Waals surface area contributed by atoms with Crippen LogP contribution in [0.5, 0.6) is 0 Å². The molecule has 0 aliphatic rings. The van der Waals surface area contributed by atoms with Crippen molar-refractivity contribution in [3.8, 4) is 0 Å². The highest BCUT2D eigenvalue weighted by atomic mass is 79.9. The van der Waals surface area contributed by atoms with Crippen molar-refractivity contribution in [2.75, 3.05) is 11.9 Å². The molecular formula is C17H21BrN4O2. The van der Waals surface area contributed by atoms with Gasteiger partial charge in [0.1, 0.15) is 0 Å². The SMILES string of the molecule is CC(C)Cn1ccnc1NC(=O)CCNC(=O)c1ccc(Br)cc1. The number of benzene rings is 1. The van der Waals surface area contributed by atoms with Gasteiger partial charge in [0.15, 0.2) is 0 Å². The normalized spacial score (nSPS) is 10.7. The van der Waals surface area contributed by atoms with E-state index >= 15 is 0 Å². The second kappa shape index (κ2) is 8.63. The minimum Gasteiger partial charge on any atom is -0.352 e. The molecule has 1 aromatic carbocycles. The second-order valence-electron chi connectivity index (χ2n) is 5.86.